The van der Waals surface area contributed by atoms with E-state index in [9.17, 15) is 18.0 Å². The molecule has 0 aliphatic carbocycles. The Balaban J connectivity index is 2.04. The van der Waals surface area contributed by atoms with Gasteiger partial charge in [-0.3, -0.25) is 9.59 Å². The minimum Gasteiger partial charge on any atom is -0.497 e. The number of amides is 2. The molecule has 1 atom stereocenters. The molecule has 1 fully saturated rings. The van der Waals surface area contributed by atoms with Crippen molar-refractivity contribution in [2.45, 2.75) is 31.4 Å². The lowest BCUT2D eigenvalue weighted by atomic mass is 10.2. The van der Waals surface area contributed by atoms with E-state index in [1.807, 2.05) is 13.8 Å². The van der Waals surface area contributed by atoms with Crippen molar-refractivity contribution >= 4 is 21.8 Å². The zero-order valence-electron chi connectivity index (χ0n) is 16.3. The molecule has 2 amide bonds. The van der Waals surface area contributed by atoms with E-state index in [4.69, 9.17) is 9.47 Å². The van der Waals surface area contributed by atoms with Gasteiger partial charge in [0.2, 0.25) is 10.0 Å². The summed E-state index contributed by atoms with van der Waals surface area (Å²) < 4.78 is 37.7. The van der Waals surface area contributed by atoms with Crippen LogP contribution in [0.1, 0.15) is 20.3 Å². The Morgan fingerprint density at radius 2 is 1.86 bits per heavy atom. The van der Waals surface area contributed by atoms with Crippen molar-refractivity contribution in [1.82, 2.24) is 14.9 Å². The van der Waals surface area contributed by atoms with Gasteiger partial charge >= 0.3 is 11.8 Å². The topological polar surface area (TPSA) is 114 Å². The summed E-state index contributed by atoms with van der Waals surface area (Å²) in [6.45, 7) is 4.71. The van der Waals surface area contributed by atoms with E-state index in [0.717, 1.165) is 0 Å². The molecule has 2 N–H and O–H groups in total. The second kappa shape index (κ2) is 9.85. The molecular weight excluding hydrogens is 386 g/mol. The van der Waals surface area contributed by atoms with Crippen LogP contribution < -0.4 is 15.4 Å². The Morgan fingerprint density at radius 3 is 2.46 bits per heavy atom. The summed E-state index contributed by atoms with van der Waals surface area (Å²) in [5.74, 6) is -0.820. The number of hydrogen-bond acceptors (Lipinski definition) is 6. The second-order valence-corrected chi connectivity index (χ2v) is 8.67. The molecule has 28 heavy (non-hydrogen) atoms. The lowest BCUT2D eigenvalue weighted by molar-refractivity contribution is -0.140. The Bertz CT molecular complexity index is 779. The highest BCUT2D eigenvalue weighted by molar-refractivity contribution is 7.89. The zero-order valence-corrected chi connectivity index (χ0v) is 17.1. The van der Waals surface area contributed by atoms with Crippen LogP contribution in [0.2, 0.25) is 0 Å². The summed E-state index contributed by atoms with van der Waals surface area (Å²) in [5, 5.41) is 4.96. The summed E-state index contributed by atoms with van der Waals surface area (Å²) >= 11 is 0. The van der Waals surface area contributed by atoms with Gasteiger partial charge in [0, 0.05) is 13.1 Å². The van der Waals surface area contributed by atoms with Gasteiger partial charge in [0.25, 0.3) is 0 Å². The molecule has 1 aromatic carbocycles. The van der Waals surface area contributed by atoms with Crippen LogP contribution in [0.25, 0.3) is 0 Å². The number of carbonyl (C=O) groups excluding carboxylic acids is 2. The SMILES string of the molecule is COc1ccc(S(=O)(=O)N2CCCO[C@H]2CNC(=O)C(=O)NCC(C)C)cc1. The number of hydrogen-bond donors (Lipinski definition) is 2. The number of methoxy groups -OCH3 is 1. The van der Waals surface area contributed by atoms with Crippen molar-refractivity contribution in [2.24, 2.45) is 5.92 Å². The monoisotopic (exact) mass is 413 g/mol. The van der Waals surface area contributed by atoms with Crippen LogP contribution in [0.3, 0.4) is 0 Å². The number of carbonyl (C=O) groups is 2. The summed E-state index contributed by atoms with van der Waals surface area (Å²) in [4.78, 5) is 23.8. The van der Waals surface area contributed by atoms with E-state index >= 15 is 0 Å². The van der Waals surface area contributed by atoms with E-state index in [1.54, 1.807) is 12.1 Å². The number of nitrogens with zero attached hydrogens (tertiary/aromatic N) is 1. The molecule has 9 nitrogen and oxygen atoms in total. The van der Waals surface area contributed by atoms with E-state index in [2.05, 4.69) is 10.6 Å². The first-order valence-corrected chi connectivity index (χ1v) is 10.5. The fourth-order valence-corrected chi connectivity index (χ4v) is 4.19. The van der Waals surface area contributed by atoms with Crippen LogP contribution in [0, 0.1) is 5.92 Å². The quantitative estimate of drug-likeness (QED) is 0.623. The fraction of sp³-hybridized carbons (Fsp3) is 0.556. The van der Waals surface area contributed by atoms with Crippen LogP contribution in [0.15, 0.2) is 29.2 Å². The fourth-order valence-electron chi connectivity index (χ4n) is 2.62. The molecule has 10 heteroatoms. The number of sulfonamides is 1. The van der Waals surface area contributed by atoms with Crippen LogP contribution in [-0.4, -0.2) is 64.1 Å². The van der Waals surface area contributed by atoms with Gasteiger partial charge in [-0.25, -0.2) is 8.42 Å². The lowest BCUT2D eigenvalue weighted by Gasteiger charge is -2.34. The molecule has 1 aromatic rings. The molecule has 1 heterocycles. The second-order valence-electron chi connectivity index (χ2n) is 6.78. The van der Waals surface area contributed by atoms with Gasteiger partial charge in [-0.15, -0.1) is 0 Å². The normalized spacial score (nSPS) is 17.9. The van der Waals surface area contributed by atoms with Crippen molar-refractivity contribution in [3.63, 3.8) is 0 Å². The molecule has 156 valence electrons. The molecular formula is C18H27N3O6S. The summed E-state index contributed by atoms with van der Waals surface area (Å²) in [6, 6.07) is 6.04. The third kappa shape index (κ3) is 5.66. The molecule has 1 aliphatic heterocycles. The molecule has 0 unspecified atom stereocenters. The molecule has 0 radical (unpaired) electrons. The predicted molar refractivity (Wildman–Crippen MR) is 102 cm³/mol. The van der Waals surface area contributed by atoms with Crippen molar-refractivity contribution in [1.29, 1.82) is 0 Å². The molecule has 0 saturated carbocycles. The van der Waals surface area contributed by atoms with E-state index in [-0.39, 0.29) is 23.9 Å². The standard InChI is InChI=1S/C18H27N3O6S/c1-13(2)11-19-17(22)18(23)20-12-16-21(9-4-10-27-16)28(24,25)15-7-5-14(26-3)6-8-15/h5-8,13,16H,4,9-12H2,1-3H3,(H,19,22)(H,20,23)/t16-/m0/s1. The molecule has 1 aliphatic rings. The number of ether oxygens (including phenoxy) is 2. The first-order valence-electron chi connectivity index (χ1n) is 9.09. The van der Waals surface area contributed by atoms with Gasteiger partial charge in [-0.05, 0) is 36.6 Å². The average molecular weight is 413 g/mol. The highest BCUT2D eigenvalue weighted by Crippen LogP contribution is 2.23. The largest absolute Gasteiger partial charge is 0.497 e. The van der Waals surface area contributed by atoms with E-state index in [0.29, 0.717) is 25.3 Å². The number of benzene rings is 1. The van der Waals surface area contributed by atoms with Crippen LogP contribution in [0.4, 0.5) is 0 Å². The van der Waals surface area contributed by atoms with Crippen molar-refractivity contribution in [3.05, 3.63) is 24.3 Å². The molecule has 0 aromatic heterocycles. The first kappa shape index (κ1) is 22.1. The summed E-state index contributed by atoms with van der Waals surface area (Å²) in [6.07, 6.45) is -0.350. The van der Waals surface area contributed by atoms with Crippen molar-refractivity contribution in [3.8, 4) is 5.75 Å². The summed E-state index contributed by atoms with van der Waals surface area (Å²) in [7, 11) is -2.33. The highest BCUT2D eigenvalue weighted by Gasteiger charge is 2.35. The van der Waals surface area contributed by atoms with E-state index in [1.165, 1.54) is 23.5 Å². The Kier molecular flexibility index (Phi) is 7.78. The zero-order chi connectivity index (χ0) is 20.7. The lowest BCUT2D eigenvalue weighted by Crippen LogP contribution is -2.53. The molecule has 2 rings (SSSR count). The van der Waals surface area contributed by atoms with Crippen LogP contribution in [0.5, 0.6) is 5.75 Å². The average Bonchev–Trinajstić information content (AvgIpc) is 2.70. The van der Waals surface area contributed by atoms with Gasteiger partial charge < -0.3 is 20.1 Å². The van der Waals surface area contributed by atoms with Crippen LogP contribution >= 0.6 is 0 Å². The maximum absolute atomic E-state index is 13.0. The Labute approximate surface area is 165 Å². The Morgan fingerprint density at radius 1 is 1.21 bits per heavy atom. The maximum Gasteiger partial charge on any atom is 0.309 e. The predicted octanol–water partition coefficient (Wildman–Crippen LogP) is 0.321. The van der Waals surface area contributed by atoms with Crippen molar-refractivity contribution in [2.75, 3.05) is 33.4 Å². The van der Waals surface area contributed by atoms with Gasteiger partial charge in [0.1, 0.15) is 12.0 Å². The van der Waals surface area contributed by atoms with Gasteiger partial charge in [0.05, 0.1) is 25.2 Å². The number of nitrogens with one attached hydrogen (secondary N) is 2. The Hall–Kier alpha value is -2.17. The van der Waals surface area contributed by atoms with Gasteiger partial charge in [-0.1, -0.05) is 13.8 Å². The minimum absolute atomic E-state index is 0.102. The molecule has 0 bridgehead atoms. The highest BCUT2D eigenvalue weighted by atomic mass is 32.2. The molecule has 1 saturated heterocycles. The minimum atomic E-state index is -3.82. The molecule has 0 spiro atoms. The third-order valence-corrected chi connectivity index (χ3v) is 6.04. The first-order chi connectivity index (χ1) is 13.3. The van der Waals surface area contributed by atoms with Crippen LogP contribution in [-0.2, 0) is 24.3 Å². The van der Waals surface area contributed by atoms with Gasteiger partial charge in [0.15, 0.2) is 0 Å². The van der Waals surface area contributed by atoms with Gasteiger partial charge in [-0.2, -0.15) is 4.31 Å². The third-order valence-electron chi connectivity index (χ3n) is 4.13. The van der Waals surface area contributed by atoms with E-state index < -0.39 is 28.1 Å². The maximum atomic E-state index is 13.0. The smallest absolute Gasteiger partial charge is 0.309 e. The van der Waals surface area contributed by atoms with Crippen molar-refractivity contribution < 1.29 is 27.5 Å². The number of rotatable bonds is 7. The summed E-state index contributed by atoms with van der Waals surface area (Å²) in [5.41, 5.74) is 0.